The van der Waals surface area contributed by atoms with E-state index >= 15 is 0 Å². The molecule has 0 radical (unpaired) electrons. The largest absolute Gasteiger partial charge is 0.370 e. The molecule has 76 valence electrons. The molecule has 0 fully saturated rings. The monoisotopic (exact) mass is 191 g/mol. The van der Waals surface area contributed by atoms with E-state index in [-0.39, 0.29) is 0 Å². The summed E-state index contributed by atoms with van der Waals surface area (Å²) in [5.41, 5.74) is 8.25. The number of hydrogen-bond acceptors (Lipinski definition) is 1. The molecule has 0 saturated heterocycles. The SMILES string of the molecule is CN=C(N)N(C)Cc1ccccc1C. The normalized spacial score (nSPS) is 11.5. The van der Waals surface area contributed by atoms with Crippen molar-refractivity contribution in [1.82, 2.24) is 4.90 Å². The lowest BCUT2D eigenvalue weighted by Gasteiger charge is -2.18. The Morgan fingerprint density at radius 1 is 1.43 bits per heavy atom. The molecule has 0 amide bonds. The lowest BCUT2D eigenvalue weighted by molar-refractivity contribution is 0.492. The van der Waals surface area contributed by atoms with Gasteiger partial charge in [-0.1, -0.05) is 24.3 Å². The molecule has 0 aliphatic rings. The molecule has 1 aromatic rings. The molecule has 0 unspecified atom stereocenters. The maximum atomic E-state index is 5.69. The van der Waals surface area contributed by atoms with Gasteiger partial charge in [-0.05, 0) is 18.1 Å². The van der Waals surface area contributed by atoms with Crippen LogP contribution < -0.4 is 5.73 Å². The number of hydrogen-bond donors (Lipinski definition) is 1. The Morgan fingerprint density at radius 2 is 2.07 bits per heavy atom. The Labute approximate surface area is 85.3 Å². The third-order valence-corrected chi connectivity index (χ3v) is 2.29. The smallest absolute Gasteiger partial charge is 0.191 e. The average Bonchev–Trinajstić information content (AvgIpc) is 2.20. The van der Waals surface area contributed by atoms with Crippen molar-refractivity contribution in [2.75, 3.05) is 14.1 Å². The van der Waals surface area contributed by atoms with Crippen LogP contribution in [0.3, 0.4) is 0 Å². The zero-order valence-corrected chi connectivity index (χ0v) is 8.99. The van der Waals surface area contributed by atoms with Crippen LogP contribution in [-0.2, 0) is 6.54 Å². The van der Waals surface area contributed by atoms with Gasteiger partial charge in [0.15, 0.2) is 5.96 Å². The molecule has 14 heavy (non-hydrogen) atoms. The fraction of sp³-hybridized carbons (Fsp3) is 0.364. The number of rotatable bonds is 2. The van der Waals surface area contributed by atoms with Gasteiger partial charge in [-0.15, -0.1) is 0 Å². The summed E-state index contributed by atoms with van der Waals surface area (Å²) < 4.78 is 0. The van der Waals surface area contributed by atoms with Gasteiger partial charge in [-0.2, -0.15) is 0 Å². The van der Waals surface area contributed by atoms with E-state index in [4.69, 9.17) is 5.73 Å². The number of aliphatic imine (C=N–C) groups is 1. The van der Waals surface area contributed by atoms with Crippen LogP contribution in [0.1, 0.15) is 11.1 Å². The molecule has 2 N–H and O–H groups in total. The number of nitrogens with zero attached hydrogens (tertiary/aromatic N) is 2. The predicted molar refractivity (Wildman–Crippen MR) is 60.2 cm³/mol. The third kappa shape index (κ3) is 2.49. The van der Waals surface area contributed by atoms with Gasteiger partial charge in [0.05, 0.1) is 0 Å². The standard InChI is InChI=1S/C11H17N3/c1-9-6-4-5-7-10(9)8-14(3)11(12)13-2/h4-7H,8H2,1-3H3,(H2,12,13). The lowest BCUT2D eigenvalue weighted by atomic mass is 10.1. The summed E-state index contributed by atoms with van der Waals surface area (Å²) in [5, 5.41) is 0. The highest BCUT2D eigenvalue weighted by Gasteiger charge is 2.03. The van der Waals surface area contributed by atoms with Gasteiger partial charge in [0, 0.05) is 20.6 Å². The first-order chi connectivity index (χ1) is 6.65. The summed E-state index contributed by atoms with van der Waals surface area (Å²) in [6.07, 6.45) is 0. The number of nitrogens with two attached hydrogens (primary N) is 1. The third-order valence-electron chi connectivity index (χ3n) is 2.29. The topological polar surface area (TPSA) is 41.6 Å². The quantitative estimate of drug-likeness (QED) is 0.566. The van der Waals surface area contributed by atoms with Crippen LogP contribution in [0.2, 0.25) is 0 Å². The molecule has 0 saturated carbocycles. The summed E-state index contributed by atoms with van der Waals surface area (Å²) in [5.74, 6) is 0.563. The fourth-order valence-corrected chi connectivity index (χ4v) is 1.29. The van der Waals surface area contributed by atoms with Crippen LogP contribution in [0.25, 0.3) is 0 Å². The summed E-state index contributed by atoms with van der Waals surface area (Å²) >= 11 is 0. The minimum absolute atomic E-state index is 0.563. The van der Waals surface area contributed by atoms with Crippen molar-refractivity contribution in [2.45, 2.75) is 13.5 Å². The molecule has 3 nitrogen and oxygen atoms in total. The highest BCUT2D eigenvalue weighted by atomic mass is 15.2. The van der Waals surface area contributed by atoms with Crippen molar-refractivity contribution in [3.8, 4) is 0 Å². The van der Waals surface area contributed by atoms with Crippen LogP contribution in [0.15, 0.2) is 29.3 Å². The van der Waals surface area contributed by atoms with Gasteiger partial charge in [0.1, 0.15) is 0 Å². The lowest BCUT2D eigenvalue weighted by Crippen LogP contribution is -2.33. The summed E-state index contributed by atoms with van der Waals surface area (Å²) in [6, 6.07) is 8.28. The first kappa shape index (κ1) is 10.6. The molecular formula is C11H17N3. The van der Waals surface area contributed by atoms with Crippen molar-refractivity contribution < 1.29 is 0 Å². The van der Waals surface area contributed by atoms with E-state index in [2.05, 4.69) is 24.0 Å². The van der Waals surface area contributed by atoms with Gasteiger partial charge < -0.3 is 10.6 Å². The van der Waals surface area contributed by atoms with Gasteiger partial charge in [0.2, 0.25) is 0 Å². The fourth-order valence-electron chi connectivity index (χ4n) is 1.29. The van der Waals surface area contributed by atoms with Crippen LogP contribution in [0.4, 0.5) is 0 Å². The van der Waals surface area contributed by atoms with E-state index in [1.165, 1.54) is 11.1 Å². The van der Waals surface area contributed by atoms with Gasteiger partial charge in [0.25, 0.3) is 0 Å². The Morgan fingerprint density at radius 3 is 2.64 bits per heavy atom. The Bertz CT molecular complexity index is 331. The van der Waals surface area contributed by atoms with E-state index in [1.807, 2.05) is 24.1 Å². The van der Waals surface area contributed by atoms with E-state index < -0.39 is 0 Å². The minimum atomic E-state index is 0.563. The zero-order valence-electron chi connectivity index (χ0n) is 8.99. The molecule has 0 aromatic heterocycles. The summed E-state index contributed by atoms with van der Waals surface area (Å²) in [7, 11) is 3.64. The maximum Gasteiger partial charge on any atom is 0.191 e. The van der Waals surface area contributed by atoms with Crippen LogP contribution >= 0.6 is 0 Å². The Hall–Kier alpha value is -1.51. The van der Waals surface area contributed by atoms with E-state index in [9.17, 15) is 0 Å². The second-order valence-corrected chi connectivity index (χ2v) is 3.36. The molecule has 3 heteroatoms. The minimum Gasteiger partial charge on any atom is -0.370 e. The second kappa shape index (κ2) is 4.65. The van der Waals surface area contributed by atoms with E-state index in [0.717, 1.165) is 6.54 Å². The highest BCUT2D eigenvalue weighted by molar-refractivity contribution is 5.77. The van der Waals surface area contributed by atoms with Crippen molar-refractivity contribution >= 4 is 5.96 Å². The van der Waals surface area contributed by atoms with Crippen LogP contribution in [0, 0.1) is 6.92 Å². The highest BCUT2D eigenvalue weighted by Crippen LogP contribution is 2.08. The molecule has 1 aromatic carbocycles. The van der Waals surface area contributed by atoms with E-state index in [1.54, 1.807) is 7.05 Å². The van der Waals surface area contributed by atoms with Crippen molar-refractivity contribution in [3.63, 3.8) is 0 Å². The summed E-state index contributed by atoms with van der Waals surface area (Å²) in [4.78, 5) is 5.87. The van der Waals surface area contributed by atoms with Gasteiger partial charge >= 0.3 is 0 Å². The van der Waals surface area contributed by atoms with Crippen molar-refractivity contribution in [2.24, 2.45) is 10.7 Å². The van der Waals surface area contributed by atoms with Crippen LogP contribution in [0.5, 0.6) is 0 Å². The Balaban J connectivity index is 2.74. The maximum absolute atomic E-state index is 5.69. The van der Waals surface area contributed by atoms with Gasteiger partial charge in [-0.25, -0.2) is 0 Å². The van der Waals surface area contributed by atoms with Crippen molar-refractivity contribution in [1.29, 1.82) is 0 Å². The molecule has 0 heterocycles. The molecule has 0 aliphatic heterocycles. The van der Waals surface area contributed by atoms with Crippen molar-refractivity contribution in [3.05, 3.63) is 35.4 Å². The predicted octanol–water partition coefficient (Wildman–Crippen LogP) is 1.37. The first-order valence-electron chi connectivity index (χ1n) is 4.63. The molecule has 0 atom stereocenters. The number of benzene rings is 1. The second-order valence-electron chi connectivity index (χ2n) is 3.36. The molecule has 0 spiro atoms. The molecule has 0 bridgehead atoms. The average molecular weight is 191 g/mol. The van der Waals surface area contributed by atoms with Crippen LogP contribution in [-0.4, -0.2) is 25.0 Å². The molecule has 1 rings (SSSR count). The van der Waals surface area contributed by atoms with E-state index in [0.29, 0.717) is 5.96 Å². The number of guanidine groups is 1. The first-order valence-corrected chi connectivity index (χ1v) is 4.63. The number of aryl methyl sites for hydroxylation is 1. The molecule has 0 aliphatic carbocycles. The summed E-state index contributed by atoms with van der Waals surface area (Å²) in [6.45, 7) is 2.90. The van der Waals surface area contributed by atoms with Gasteiger partial charge in [-0.3, -0.25) is 4.99 Å². The zero-order chi connectivity index (χ0) is 10.6. The Kier molecular flexibility index (Phi) is 3.51. The molecular weight excluding hydrogens is 174 g/mol.